The van der Waals surface area contributed by atoms with Gasteiger partial charge >= 0.3 is 0 Å². The van der Waals surface area contributed by atoms with Crippen LogP contribution < -0.4 is 10.9 Å². The molecule has 5 nitrogen and oxygen atoms in total. The molecule has 1 amide bonds. The molecule has 0 radical (unpaired) electrons. The highest BCUT2D eigenvalue weighted by Gasteiger charge is 2.56. The van der Waals surface area contributed by atoms with Crippen molar-refractivity contribution in [2.45, 2.75) is 62.2 Å². The minimum absolute atomic E-state index is 0.0361. The van der Waals surface area contributed by atoms with E-state index in [0.717, 1.165) is 44.8 Å². The Morgan fingerprint density at radius 3 is 2.48 bits per heavy atom. The molecule has 1 aliphatic carbocycles. The van der Waals surface area contributed by atoms with Gasteiger partial charge in [-0.05, 0) is 62.4 Å². The number of piperidine rings is 3. The number of carbonyl (C=O) groups is 1. The van der Waals surface area contributed by atoms with E-state index in [2.05, 4.69) is 20.7 Å². The summed E-state index contributed by atoms with van der Waals surface area (Å²) in [4.78, 5) is 18.2. The van der Waals surface area contributed by atoms with Crippen molar-refractivity contribution in [1.29, 1.82) is 0 Å². The van der Waals surface area contributed by atoms with Crippen LogP contribution in [-0.2, 0) is 4.79 Å². The van der Waals surface area contributed by atoms with Gasteiger partial charge in [-0.25, -0.2) is 14.2 Å². The second kappa shape index (κ2) is 6.72. The van der Waals surface area contributed by atoms with Gasteiger partial charge in [0.2, 0.25) is 5.91 Å². The number of rotatable bonds is 2. The topological polar surface area (TPSA) is 47.6 Å². The van der Waals surface area contributed by atoms with Crippen LogP contribution in [-0.4, -0.2) is 59.5 Å². The minimum Gasteiger partial charge on any atom is -0.336 e. The summed E-state index contributed by atoms with van der Waals surface area (Å²) in [5.74, 6) is -0.0830. The highest BCUT2D eigenvalue weighted by atomic mass is 19.1. The maximum absolute atomic E-state index is 14.0. The number of halogens is 2. The molecule has 6 fully saturated rings. The van der Waals surface area contributed by atoms with Gasteiger partial charge in [0.15, 0.2) is 0 Å². The lowest BCUT2D eigenvalue weighted by Gasteiger charge is -2.51. The molecule has 1 aromatic rings. The summed E-state index contributed by atoms with van der Waals surface area (Å²) in [5, 5.41) is 0. The van der Waals surface area contributed by atoms with Crippen molar-refractivity contribution in [2.75, 3.05) is 19.6 Å². The first-order valence-corrected chi connectivity index (χ1v) is 11.1. The molecule has 2 N–H and O–H groups in total. The molecule has 6 aliphatic rings. The molecule has 1 aromatic carbocycles. The summed E-state index contributed by atoms with van der Waals surface area (Å²) in [6.07, 6.45) is 5.59. The molecule has 0 aromatic heterocycles. The van der Waals surface area contributed by atoms with Crippen molar-refractivity contribution >= 4 is 5.91 Å². The van der Waals surface area contributed by atoms with E-state index < -0.39 is 11.6 Å². The molecule has 7 heteroatoms. The van der Waals surface area contributed by atoms with E-state index in [1.54, 1.807) is 0 Å². The zero-order valence-corrected chi connectivity index (χ0v) is 16.5. The van der Waals surface area contributed by atoms with Gasteiger partial charge < -0.3 is 4.90 Å². The highest BCUT2D eigenvalue weighted by molar-refractivity contribution is 5.84. The zero-order chi connectivity index (χ0) is 19.7. The van der Waals surface area contributed by atoms with E-state index in [0.29, 0.717) is 30.0 Å². The first kappa shape index (κ1) is 18.2. The van der Waals surface area contributed by atoms with Gasteiger partial charge in [-0.15, -0.1) is 0 Å². The van der Waals surface area contributed by atoms with E-state index >= 15 is 0 Å². The molecule has 5 heterocycles. The standard InChI is InChI=1S/C22H28F2N4O/c23-14-8-13(9-15(24)10-14)17-11-28(20-12-4-6-27(7-5-12)21(17)20)22(29)19-16-2-1-3-18(16)25-26-19/h8-10,12,16-21,25-26H,1-7,11H2/t16?,17-,18?,19?,20-,21-/m1/s1. The molecule has 7 rings (SSSR count). The zero-order valence-electron chi connectivity index (χ0n) is 16.5. The molecule has 5 aliphatic heterocycles. The van der Waals surface area contributed by atoms with Gasteiger partial charge in [-0.1, -0.05) is 6.42 Å². The van der Waals surface area contributed by atoms with Crippen molar-refractivity contribution in [1.82, 2.24) is 20.7 Å². The third-order valence-electron chi connectivity index (χ3n) is 8.28. The number of hydrazine groups is 1. The molecule has 5 saturated heterocycles. The van der Waals surface area contributed by atoms with Crippen LogP contribution in [0.25, 0.3) is 0 Å². The maximum atomic E-state index is 14.0. The van der Waals surface area contributed by atoms with E-state index in [1.807, 2.05) is 0 Å². The van der Waals surface area contributed by atoms with Gasteiger partial charge in [0, 0.05) is 36.5 Å². The van der Waals surface area contributed by atoms with E-state index in [-0.39, 0.29) is 30.0 Å². The van der Waals surface area contributed by atoms with Crippen LogP contribution in [0.4, 0.5) is 8.78 Å². The Hall–Kier alpha value is -1.57. The van der Waals surface area contributed by atoms with Gasteiger partial charge in [0.1, 0.15) is 17.7 Å². The lowest BCUT2D eigenvalue weighted by molar-refractivity contribution is -0.139. The van der Waals surface area contributed by atoms with Gasteiger partial charge in [-0.2, -0.15) is 0 Å². The van der Waals surface area contributed by atoms with Crippen molar-refractivity contribution in [3.8, 4) is 0 Å². The van der Waals surface area contributed by atoms with Crippen LogP contribution in [0.15, 0.2) is 18.2 Å². The first-order valence-electron chi connectivity index (χ1n) is 11.1. The molecular formula is C22H28F2N4O. The van der Waals surface area contributed by atoms with Crippen LogP contribution in [0.2, 0.25) is 0 Å². The average molecular weight is 402 g/mol. The molecule has 3 unspecified atom stereocenters. The Bertz CT molecular complexity index is 807. The second-order valence-electron chi connectivity index (χ2n) is 9.62. The van der Waals surface area contributed by atoms with Crippen molar-refractivity contribution < 1.29 is 13.6 Å². The summed E-state index contributed by atoms with van der Waals surface area (Å²) in [5.41, 5.74) is 7.29. The first-order chi connectivity index (χ1) is 14.1. The highest BCUT2D eigenvalue weighted by Crippen LogP contribution is 2.47. The van der Waals surface area contributed by atoms with Crippen LogP contribution in [0.3, 0.4) is 0 Å². The van der Waals surface area contributed by atoms with E-state index in [4.69, 9.17) is 0 Å². The predicted molar refractivity (Wildman–Crippen MR) is 104 cm³/mol. The lowest BCUT2D eigenvalue weighted by atomic mass is 9.75. The third-order valence-corrected chi connectivity index (χ3v) is 8.28. The summed E-state index contributed by atoms with van der Waals surface area (Å²) in [7, 11) is 0. The number of nitrogens with one attached hydrogen (secondary N) is 2. The molecule has 2 bridgehead atoms. The van der Waals surface area contributed by atoms with Crippen molar-refractivity contribution in [3.63, 3.8) is 0 Å². The Labute approximate surface area is 169 Å². The van der Waals surface area contributed by atoms with Crippen LogP contribution in [0.5, 0.6) is 0 Å². The fraction of sp³-hybridized carbons (Fsp3) is 0.682. The predicted octanol–water partition coefficient (Wildman–Crippen LogP) is 2.00. The number of amides is 1. The second-order valence-corrected chi connectivity index (χ2v) is 9.62. The lowest BCUT2D eigenvalue weighted by Crippen LogP contribution is -2.62. The normalized spacial score (nSPS) is 42.9. The maximum Gasteiger partial charge on any atom is 0.241 e. The summed E-state index contributed by atoms with van der Waals surface area (Å²) >= 11 is 0. The third kappa shape index (κ3) is 2.77. The number of benzene rings is 1. The SMILES string of the molecule is O=C(C1NNC2CCCC21)N1C[C@H](c2cc(F)cc(F)c2)[C@@H]2[C@H]1C1CCN2CC1. The molecule has 1 saturated carbocycles. The summed E-state index contributed by atoms with van der Waals surface area (Å²) in [6, 6.07) is 4.39. The van der Waals surface area contributed by atoms with Crippen LogP contribution in [0, 0.1) is 23.5 Å². The number of carbonyl (C=O) groups excluding carboxylic acids is 1. The Balaban J connectivity index is 1.34. The van der Waals surface area contributed by atoms with E-state index in [9.17, 15) is 13.6 Å². The van der Waals surface area contributed by atoms with Crippen molar-refractivity contribution in [3.05, 3.63) is 35.4 Å². The molecule has 29 heavy (non-hydrogen) atoms. The van der Waals surface area contributed by atoms with E-state index in [1.165, 1.54) is 18.6 Å². The Morgan fingerprint density at radius 1 is 0.966 bits per heavy atom. The largest absolute Gasteiger partial charge is 0.336 e. The van der Waals surface area contributed by atoms with Crippen LogP contribution >= 0.6 is 0 Å². The summed E-state index contributed by atoms with van der Waals surface area (Å²) < 4.78 is 28.0. The smallest absolute Gasteiger partial charge is 0.241 e. The fourth-order valence-electron chi connectivity index (χ4n) is 7.05. The monoisotopic (exact) mass is 402 g/mol. The molecule has 156 valence electrons. The molecule has 6 atom stereocenters. The average Bonchev–Trinajstić information content (AvgIpc) is 3.42. The molecular weight excluding hydrogens is 374 g/mol. The Kier molecular flexibility index (Phi) is 4.22. The molecule has 0 spiro atoms. The van der Waals surface area contributed by atoms with Gasteiger partial charge in [0.05, 0.1) is 6.04 Å². The van der Waals surface area contributed by atoms with Gasteiger partial charge in [-0.3, -0.25) is 15.1 Å². The van der Waals surface area contributed by atoms with Crippen LogP contribution in [0.1, 0.15) is 43.6 Å². The Morgan fingerprint density at radius 2 is 1.72 bits per heavy atom. The number of hydrogen-bond acceptors (Lipinski definition) is 4. The van der Waals surface area contributed by atoms with Gasteiger partial charge in [0.25, 0.3) is 0 Å². The number of nitrogens with zero attached hydrogens (tertiary/aromatic N) is 2. The van der Waals surface area contributed by atoms with Crippen molar-refractivity contribution in [2.24, 2.45) is 11.8 Å². The number of likely N-dealkylation sites (tertiary alicyclic amines) is 1. The summed E-state index contributed by atoms with van der Waals surface area (Å²) in [6.45, 7) is 2.60. The minimum atomic E-state index is -0.534. The fourth-order valence-corrected chi connectivity index (χ4v) is 7.05. The number of hydrogen-bond donors (Lipinski definition) is 2. The number of fused-ring (bicyclic) bond motifs is 3. The quantitative estimate of drug-likeness (QED) is 0.795.